The maximum atomic E-state index is 12.8. The zero-order chi connectivity index (χ0) is 27.0. The first-order valence-electron chi connectivity index (χ1n) is 12.6. The highest BCUT2D eigenvalue weighted by Crippen LogP contribution is 2.40. The number of methoxy groups -OCH3 is 2. The van der Waals surface area contributed by atoms with Gasteiger partial charge in [-0.2, -0.15) is 0 Å². The number of nitrogens with zero attached hydrogens (tertiary/aromatic N) is 2. The number of piperidine rings is 1. The molecule has 2 aliphatic rings. The van der Waals surface area contributed by atoms with Gasteiger partial charge in [0.05, 0.1) is 26.7 Å². The lowest BCUT2D eigenvalue weighted by atomic mass is 9.83. The summed E-state index contributed by atoms with van der Waals surface area (Å²) < 4.78 is 18.8. The van der Waals surface area contributed by atoms with Crippen molar-refractivity contribution in [1.82, 2.24) is 9.47 Å². The predicted octanol–water partition coefficient (Wildman–Crippen LogP) is 2.15. The van der Waals surface area contributed by atoms with E-state index in [1.807, 2.05) is 10.6 Å². The van der Waals surface area contributed by atoms with E-state index >= 15 is 0 Å². The fourth-order valence-corrected chi connectivity index (χ4v) is 5.87. The minimum absolute atomic E-state index is 0.0225. The Morgan fingerprint density at radius 1 is 1.13 bits per heavy atom. The van der Waals surface area contributed by atoms with E-state index in [4.69, 9.17) is 19.6 Å². The van der Waals surface area contributed by atoms with Gasteiger partial charge in [-0.05, 0) is 24.5 Å². The smallest absolute Gasteiger partial charge is 0.250 e. The van der Waals surface area contributed by atoms with Gasteiger partial charge in [0.15, 0.2) is 5.76 Å². The molecule has 1 fully saturated rings. The number of benzene rings is 1. The lowest BCUT2D eigenvalue weighted by Gasteiger charge is -2.42. The first kappa shape index (κ1) is 25.6. The van der Waals surface area contributed by atoms with Gasteiger partial charge in [-0.15, -0.1) is 0 Å². The van der Waals surface area contributed by atoms with Crippen molar-refractivity contribution in [1.29, 1.82) is 0 Å². The van der Waals surface area contributed by atoms with Crippen molar-refractivity contribution in [3.05, 3.63) is 85.8 Å². The van der Waals surface area contributed by atoms with Crippen LogP contribution in [0.4, 0.5) is 0 Å². The molecule has 1 aromatic carbocycles. The molecule has 10 heteroatoms. The molecule has 0 radical (unpaired) electrons. The Balaban J connectivity index is 1.47. The zero-order valence-electron chi connectivity index (χ0n) is 21.4. The van der Waals surface area contributed by atoms with E-state index in [1.54, 1.807) is 30.3 Å². The molecular weight excluding hydrogens is 490 g/mol. The molecule has 5 rings (SSSR count). The minimum Gasteiger partial charge on any atom is -0.502 e. The quantitative estimate of drug-likeness (QED) is 0.460. The van der Waals surface area contributed by atoms with E-state index < -0.39 is 23.0 Å². The van der Waals surface area contributed by atoms with Gasteiger partial charge in [-0.25, -0.2) is 0 Å². The summed E-state index contributed by atoms with van der Waals surface area (Å²) in [4.78, 5) is 39.4. The van der Waals surface area contributed by atoms with Crippen molar-refractivity contribution < 1.29 is 23.8 Å². The average Bonchev–Trinajstić information content (AvgIpc) is 2.89. The second-order valence-corrected chi connectivity index (χ2v) is 10.0. The number of amides is 1. The van der Waals surface area contributed by atoms with Crippen LogP contribution in [0.1, 0.15) is 47.5 Å². The number of carbonyl (C=O) groups excluding carboxylic acids is 1. The maximum absolute atomic E-state index is 12.8. The van der Waals surface area contributed by atoms with Gasteiger partial charge < -0.3 is 29.3 Å². The third-order valence-electron chi connectivity index (χ3n) is 7.47. The first-order chi connectivity index (χ1) is 18.3. The van der Waals surface area contributed by atoms with Crippen LogP contribution in [0.2, 0.25) is 0 Å². The van der Waals surface area contributed by atoms with Gasteiger partial charge in [0.1, 0.15) is 17.3 Å². The molecule has 4 heterocycles. The molecule has 3 aromatic rings. The van der Waals surface area contributed by atoms with E-state index in [9.17, 15) is 19.5 Å². The highest BCUT2D eigenvalue weighted by atomic mass is 16.5. The van der Waals surface area contributed by atoms with Crippen molar-refractivity contribution in [2.24, 2.45) is 11.7 Å². The highest BCUT2D eigenvalue weighted by Gasteiger charge is 2.35. The number of pyridine rings is 1. The zero-order valence-corrected chi connectivity index (χ0v) is 21.4. The lowest BCUT2D eigenvalue weighted by molar-refractivity contribution is -0.118. The van der Waals surface area contributed by atoms with Crippen LogP contribution in [0.5, 0.6) is 17.2 Å². The molecule has 38 heavy (non-hydrogen) atoms. The molecule has 3 N–H and O–H groups in total. The summed E-state index contributed by atoms with van der Waals surface area (Å²) in [5, 5.41) is 10.7. The van der Waals surface area contributed by atoms with E-state index in [0.29, 0.717) is 48.4 Å². The molecule has 2 bridgehead atoms. The molecule has 0 saturated carbocycles. The minimum atomic E-state index is -0.847. The largest absolute Gasteiger partial charge is 0.502 e. The van der Waals surface area contributed by atoms with Crippen molar-refractivity contribution >= 4 is 5.91 Å². The Hall–Kier alpha value is -4.05. The molecule has 3 unspecified atom stereocenters. The van der Waals surface area contributed by atoms with E-state index in [2.05, 4.69) is 4.90 Å². The van der Waals surface area contributed by atoms with Gasteiger partial charge in [0.2, 0.25) is 17.1 Å². The van der Waals surface area contributed by atoms with Crippen molar-refractivity contribution in [2.45, 2.75) is 37.8 Å². The third kappa shape index (κ3) is 4.91. The van der Waals surface area contributed by atoms with Gasteiger partial charge in [-0.1, -0.05) is 12.1 Å². The Bertz CT molecular complexity index is 1480. The number of likely N-dealkylation sites (tertiary alicyclic amines) is 1. The van der Waals surface area contributed by atoms with Crippen molar-refractivity contribution in [3.63, 3.8) is 0 Å². The number of primary amides is 1. The Morgan fingerprint density at radius 3 is 2.68 bits per heavy atom. The van der Waals surface area contributed by atoms with Gasteiger partial charge in [0.25, 0.3) is 5.56 Å². The van der Waals surface area contributed by atoms with Gasteiger partial charge in [-0.3, -0.25) is 19.3 Å². The normalized spacial score (nSPS) is 19.4. The third-order valence-corrected chi connectivity index (χ3v) is 7.47. The van der Waals surface area contributed by atoms with E-state index in [0.717, 1.165) is 18.7 Å². The van der Waals surface area contributed by atoms with Crippen LogP contribution in [-0.2, 0) is 17.9 Å². The molecule has 10 nitrogen and oxygen atoms in total. The van der Waals surface area contributed by atoms with E-state index in [1.165, 1.54) is 20.3 Å². The second-order valence-electron chi connectivity index (χ2n) is 10.0. The summed E-state index contributed by atoms with van der Waals surface area (Å²) in [6.45, 7) is 2.45. The van der Waals surface area contributed by atoms with Crippen LogP contribution in [0.3, 0.4) is 0 Å². The average molecular weight is 522 g/mol. The first-order valence-corrected chi connectivity index (χ1v) is 12.6. The summed E-state index contributed by atoms with van der Waals surface area (Å²) in [5.74, 6) is -0.260. The van der Waals surface area contributed by atoms with Crippen molar-refractivity contribution in [3.8, 4) is 17.2 Å². The maximum Gasteiger partial charge on any atom is 0.250 e. The van der Waals surface area contributed by atoms with Crippen LogP contribution in [0.25, 0.3) is 0 Å². The molecule has 0 spiro atoms. The van der Waals surface area contributed by atoms with Crippen LogP contribution < -0.4 is 26.2 Å². The number of rotatable bonds is 8. The summed E-state index contributed by atoms with van der Waals surface area (Å²) in [7, 11) is 3.00. The number of aromatic nitrogens is 1. The number of carbonyl (C=O) groups is 1. The van der Waals surface area contributed by atoms with Gasteiger partial charge >= 0.3 is 0 Å². The number of nitrogens with two attached hydrogens (primary N) is 1. The number of hydrogen-bond acceptors (Lipinski definition) is 8. The van der Waals surface area contributed by atoms with Crippen molar-refractivity contribution in [2.75, 3.05) is 27.3 Å². The number of aromatic hydroxyl groups is 1. The summed E-state index contributed by atoms with van der Waals surface area (Å²) in [6.07, 6.45) is 0.796. The Morgan fingerprint density at radius 2 is 1.95 bits per heavy atom. The van der Waals surface area contributed by atoms with Crippen LogP contribution in [-0.4, -0.2) is 47.8 Å². The van der Waals surface area contributed by atoms with Crippen LogP contribution in [0.15, 0.2) is 56.5 Å². The SMILES string of the molecule is COc1ccc(C(CC(N)=O)c2oc(CN3CC4CC(C3)c3cccc(=O)n3C4)cc(=O)c2O)c(OC)c1. The summed E-state index contributed by atoms with van der Waals surface area (Å²) >= 11 is 0. The predicted molar refractivity (Wildman–Crippen MR) is 139 cm³/mol. The Kier molecular flexibility index (Phi) is 6.98. The molecule has 1 saturated heterocycles. The van der Waals surface area contributed by atoms with E-state index in [-0.39, 0.29) is 23.7 Å². The van der Waals surface area contributed by atoms with Gasteiger partial charge in [0, 0.05) is 61.4 Å². The highest BCUT2D eigenvalue weighted by molar-refractivity contribution is 5.76. The standard InChI is InChI=1S/C28H31N3O7/c1-36-18-6-7-20(24(10-18)37-2)21(11-25(29)33)28-27(35)23(32)9-19(38-28)15-30-12-16-8-17(14-30)22-4-3-5-26(34)31(22)13-16/h3-7,9-10,16-17,21,35H,8,11-15H2,1-2H3,(H2,29,33). The lowest BCUT2D eigenvalue weighted by Crippen LogP contribution is -2.46. The number of hydrogen-bond donors (Lipinski definition) is 2. The fourth-order valence-electron chi connectivity index (χ4n) is 5.87. The summed E-state index contributed by atoms with van der Waals surface area (Å²) in [6, 6.07) is 11.7. The molecule has 2 aromatic heterocycles. The molecule has 1 amide bonds. The van der Waals surface area contributed by atoms with Crippen LogP contribution >= 0.6 is 0 Å². The fraction of sp³-hybridized carbons (Fsp3) is 0.393. The number of fused-ring (bicyclic) bond motifs is 4. The second kappa shape index (κ2) is 10.4. The summed E-state index contributed by atoms with van der Waals surface area (Å²) in [5.41, 5.74) is 6.53. The monoisotopic (exact) mass is 521 g/mol. The topological polar surface area (TPSA) is 137 Å². The Labute approximate surface area is 219 Å². The van der Waals surface area contributed by atoms with Crippen LogP contribution in [0, 0.1) is 5.92 Å². The molecule has 2 aliphatic heterocycles. The molecule has 3 atom stereocenters. The molecule has 200 valence electrons. The molecule has 0 aliphatic carbocycles. The molecular formula is C28H31N3O7. The number of ether oxygens (including phenoxy) is 2.